The molecule has 0 saturated heterocycles. The van der Waals surface area contributed by atoms with Crippen LogP contribution in [0, 0.1) is 11.3 Å². The SMILES string of the molecule is COc1ccc(COC2CCCC(OC)C2)cc1C#N. The molecule has 0 aromatic heterocycles. The Bertz CT molecular complexity index is 481. The number of nitriles is 1. The van der Waals surface area contributed by atoms with Crippen molar-refractivity contribution in [2.75, 3.05) is 14.2 Å². The highest BCUT2D eigenvalue weighted by molar-refractivity contribution is 5.45. The van der Waals surface area contributed by atoms with E-state index in [1.165, 1.54) is 0 Å². The summed E-state index contributed by atoms with van der Waals surface area (Å²) in [5.41, 5.74) is 1.55. The predicted molar refractivity (Wildman–Crippen MR) is 75.6 cm³/mol. The fourth-order valence-electron chi connectivity index (χ4n) is 2.61. The zero-order chi connectivity index (χ0) is 14.4. The van der Waals surface area contributed by atoms with Crippen molar-refractivity contribution < 1.29 is 14.2 Å². The van der Waals surface area contributed by atoms with E-state index in [0.29, 0.717) is 24.0 Å². The van der Waals surface area contributed by atoms with Crippen LogP contribution in [0.1, 0.15) is 36.8 Å². The molecule has 4 heteroatoms. The van der Waals surface area contributed by atoms with Gasteiger partial charge in [-0.3, -0.25) is 0 Å². The summed E-state index contributed by atoms with van der Waals surface area (Å²) in [4.78, 5) is 0. The minimum absolute atomic E-state index is 0.251. The topological polar surface area (TPSA) is 51.5 Å². The van der Waals surface area contributed by atoms with Crippen molar-refractivity contribution in [1.82, 2.24) is 0 Å². The third kappa shape index (κ3) is 3.72. The fraction of sp³-hybridized carbons (Fsp3) is 0.562. The highest BCUT2D eigenvalue weighted by Gasteiger charge is 2.22. The first-order chi connectivity index (χ1) is 9.76. The number of ether oxygens (including phenoxy) is 3. The lowest BCUT2D eigenvalue weighted by molar-refractivity contribution is -0.0363. The normalized spacial score (nSPS) is 22.2. The number of hydrogen-bond acceptors (Lipinski definition) is 4. The standard InChI is InChI=1S/C16H21NO3/c1-18-14-4-3-5-15(9-14)20-11-12-6-7-16(19-2)13(8-12)10-17/h6-8,14-15H,3-5,9,11H2,1-2H3. The molecule has 2 unspecified atom stereocenters. The number of hydrogen-bond donors (Lipinski definition) is 0. The van der Waals surface area contributed by atoms with E-state index in [-0.39, 0.29) is 6.10 Å². The van der Waals surface area contributed by atoms with E-state index in [1.54, 1.807) is 14.2 Å². The zero-order valence-corrected chi connectivity index (χ0v) is 12.1. The van der Waals surface area contributed by atoms with Crippen molar-refractivity contribution >= 4 is 0 Å². The summed E-state index contributed by atoms with van der Waals surface area (Å²) < 4.78 is 16.5. The molecule has 0 spiro atoms. The lowest BCUT2D eigenvalue weighted by atomic mass is 9.95. The fourth-order valence-corrected chi connectivity index (χ4v) is 2.61. The second kappa shape index (κ2) is 7.28. The summed E-state index contributed by atoms with van der Waals surface area (Å²) in [5, 5.41) is 9.07. The Morgan fingerprint density at radius 2 is 2.05 bits per heavy atom. The summed E-state index contributed by atoms with van der Waals surface area (Å²) in [5.74, 6) is 0.605. The van der Waals surface area contributed by atoms with Crippen molar-refractivity contribution in [2.45, 2.75) is 44.5 Å². The number of nitrogens with zero attached hydrogens (tertiary/aromatic N) is 1. The summed E-state index contributed by atoms with van der Waals surface area (Å²) in [6.07, 6.45) is 4.88. The maximum absolute atomic E-state index is 9.07. The lowest BCUT2D eigenvalue weighted by Crippen LogP contribution is -2.27. The zero-order valence-electron chi connectivity index (χ0n) is 12.1. The maximum atomic E-state index is 9.07. The van der Waals surface area contributed by atoms with Crippen molar-refractivity contribution in [3.63, 3.8) is 0 Å². The van der Waals surface area contributed by atoms with E-state index >= 15 is 0 Å². The van der Waals surface area contributed by atoms with Crippen molar-refractivity contribution in [1.29, 1.82) is 5.26 Å². The van der Waals surface area contributed by atoms with Crippen LogP contribution in [0.4, 0.5) is 0 Å². The molecule has 4 nitrogen and oxygen atoms in total. The molecule has 0 radical (unpaired) electrons. The highest BCUT2D eigenvalue weighted by atomic mass is 16.5. The van der Waals surface area contributed by atoms with Crippen LogP contribution in [0.25, 0.3) is 0 Å². The van der Waals surface area contributed by atoms with E-state index in [2.05, 4.69) is 6.07 Å². The van der Waals surface area contributed by atoms with Crippen LogP contribution in [0.3, 0.4) is 0 Å². The van der Waals surface area contributed by atoms with Crippen LogP contribution in [-0.4, -0.2) is 26.4 Å². The second-order valence-corrected chi connectivity index (χ2v) is 5.10. The van der Waals surface area contributed by atoms with E-state index in [1.807, 2.05) is 18.2 Å². The van der Waals surface area contributed by atoms with Gasteiger partial charge in [-0.2, -0.15) is 5.26 Å². The van der Waals surface area contributed by atoms with Crippen LogP contribution in [0.2, 0.25) is 0 Å². The van der Waals surface area contributed by atoms with Gasteiger partial charge >= 0.3 is 0 Å². The molecular formula is C16H21NO3. The number of rotatable bonds is 5. The molecule has 1 fully saturated rings. The van der Waals surface area contributed by atoms with Gasteiger partial charge in [-0.1, -0.05) is 6.07 Å². The molecule has 1 aliphatic carbocycles. The molecule has 1 aromatic carbocycles. The van der Waals surface area contributed by atoms with E-state index in [9.17, 15) is 0 Å². The van der Waals surface area contributed by atoms with Crippen molar-refractivity contribution in [3.8, 4) is 11.8 Å². The molecule has 0 aliphatic heterocycles. The monoisotopic (exact) mass is 275 g/mol. The molecule has 0 amide bonds. The van der Waals surface area contributed by atoms with Crippen LogP contribution in [0.5, 0.6) is 5.75 Å². The smallest absolute Gasteiger partial charge is 0.136 e. The molecular weight excluding hydrogens is 254 g/mol. The number of methoxy groups -OCH3 is 2. The summed E-state index contributed by atoms with van der Waals surface area (Å²) >= 11 is 0. The third-order valence-electron chi connectivity index (χ3n) is 3.78. The van der Waals surface area contributed by atoms with Gasteiger partial charge in [0, 0.05) is 7.11 Å². The van der Waals surface area contributed by atoms with Gasteiger partial charge in [-0.15, -0.1) is 0 Å². The Hall–Kier alpha value is -1.57. The average Bonchev–Trinajstić information content (AvgIpc) is 2.52. The van der Waals surface area contributed by atoms with Gasteiger partial charge in [0.15, 0.2) is 0 Å². The van der Waals surface area contributed by atoms with Gasteiger partial charge in [-0.25, -0.2) is 0 Å². The summed E-state index contributed by atoms with van der Waals surface area (Å²) in [6, 6.07) is 7.73. The largest absolute Gasteiger partial charge is 0.495 e. The predicted octanol–water partition coefficient (Wildman–Crippen LogP) is 3.04. The van der Waals surface area contributed by atoms with Crippen LogP contribution in [0.15, 0.2) is 18.2 Å². The number of benzene rings is 1. The molecule has 20 heavy (non-hydrogen) atoms. The molecule has 1 saturated carbocycles. The molecule has 0 bridgehead atoms. The first-order valence-corrected chi connectivity index (χ1v) is 6.98. The second-order valence-electron chi connectivity index (χ2n) is 5.10. The molecule has 1 aliphatic rings. The summed E-state index contributed by atoms with van der Waals surface area (Å²) in [7, 11) is 3.33. The Morgan fingerprint density at radius 3 is 2.75 bits per heavy atom. The van der Waals surface area contributed by atoms with Crippen molar-refractivity contribution in [2.24, 2.45) is 0 Å². The lowest BCUT2D eigenvalue weighted by Gasteiger charge is -2.28. The molecule has 0 N–H and O–H groups in total. The Kier molecular flexibility index (Phi) is 5.40. The van der Waals surface area contributed by atoms with Crippen molar-refractivity contribution in [3.05, 3.63) is 29.3 Å². The summed E-state index contributed by atoms with van der Waals surface area (Å²) in [6.45, 7) is 0.528. The van der Waals surface area contributed by atoms with Crippen LogP contribution >= 0.6 is 0 Å². The first-order valence-electron chi connectivity index (χ1n) is 6.98. The molecule has 108 valence electrons. The van der Waals surface area contributed by atoms with Gasteiger partial charge in [0.25, 0.3) is 0 Å². The van der Waals surface area contributed by atoms with Crippen LogP contribution in [-0.2, 0) is 16.1 Å². The minimum atomic E-state index is 0.251. The minimum Gasteiger partial charge on any atom is -0.495 e. The molecule has 1 aromatic rings. The quantitative estimate of drug-likeness (QED) is 0.828. The highest BCUT2D eigenvalue weighted by Crippen LogP contribution is 2.25. The van der Waals surface area contributed by atoms with E-state index in [4.69, 9.17) is 19.5 Å². The first kappa shape index (κ1) is 14.8. The van der Waals surface area contributed by atoms with Gasteiger partial charge in [0.1, 0.15) is 11.8 Å². The third-order valence-corrected chi connectivity index (χ3v) is 3.78. The van der Waals surface area contributed by atoms with E-state index < -0.39 is 0 Å². The van der Waals surface area contributed by atoms with Gasteiger partial charge in [-0.05, 0) is 43.4 Å². The van der Waals surface area contributed by atoms with Gasteiger partial charge in [0.2, 0.25) is 0 Å². The molecule has 2 atom stereocenters. The molecule has 2 rings (SSSR count). The van der Waals surface area contributed by atoms with E-state index in [0.717, 1.165) is 31.2 Å². The van der Waals surface area contributed by atoms with Gasteiger partial charge in [0.05, 0.1) is 31.5 Å². The molecule has 0 heterocycles. The Morgan fingerprint density at radius 1 is 1.25 bits per heavy atom. The van der Waals surface area contributed by atoms with Gasteiger partial charge < -0.3 is 14.2 Å². The average molecular weight is 275 g/mol. The maximum Gasteiger partial charge on any atom is 0.136 e. The Balaban J connectivity index is 1.92. The Labute approximate surface area is 120 Å². The van der Waals surface area contributed by atoms with Crippen LogP contribution < -0.4 is 4.74 Å².